The van der Waals surface area contributed by atoms with E-state index in [1.165, 1.54) is 153 Å². The molecule has 5 heterocycles. The normalized spacial score (nSPS) is 27.7. The molecule has 30 heteroatoms. The summed E-state index contributed by atoms with van der Waals surface area (Å²) < 4.78 is 0. The molecule has 6 saturated carbocycles. The number of halogens is 11. The number of nitrogens with zero attached hydrogens (tertiary/aromatic N) is 5. The van der Waals surface area contributed by atoms with Gasteiger partial charge in [0, 0.05) is 140 Å². The molecule has 0 amide bonds. The summed E-state index contributed by atoms with van der Waals surface area (Å²) in [5, 5.41) is 31.6. The Labute approximate surface area is 623 Å². The summed E-state index contributed by atoms with van der Waals surface area (Å²) in [5.41, 5.74) is 16.3. The Bertz CT molecular complexity index is 2400. The fourth-order valence-corrected chi connectivity index (χ4v) is 14.3. The van der Waals surface area contributed by atoms with E-state index >= 15 is 0 Å². The molecule has 0 aromatic carbocycles. The van der Waals surface area contributed by atoms with E-state index in [0.717, 1.165) is 93.0 Å². The van der Waals surface area contributed by atoms with Gasteiger partial charge in [0.1, 0.15) is 11.4 Å². The Morgan fingerprint density at radius 3 is 1.11 bits per heavy atom. The summed E-state index contributed by atoms with van der Waals surface area (Å²) in [6.07, 6.45) is 35.0. The first-order valence-electron chi connectivity index (χ1n) is 32.5. The van der Waals surface area contributed by atoms with Crippen LogP contribution in [0.2, 0.25) is 15.1 Å². The first kappa shape index (κ1) is 89.0. The fourth-order valence-electron chi connectivity index (χ4n) is 13.6. The average Bonchev–Trinajstić information content (AvgIpc) is 2.11. The molecule has 17 nitrogen and oxygen atoms in total. The van der Waals surface area contributed by atoms with Gasteiger partial charge in [-0.3, -0.25) is 24.6 Å². The van der Waals surface area contributed by atoms with E-state index in [1.807, 2.05) is 36.7 Å². The van der Waals surface area contributed by atoms with Crippen molar-refractivity contribution in [2.24, 2.45) is 21.5 Å². The molecule has 11 rings (SSSR count). The number of nitrogens with one attached hydrogen (secondary N) is 8. The number of rotatable bonds is 7. The molecule has 12 N–H and O–H groups in total. The molecule has 6 fully saturated rings. The summed E-state index contributed by atoms with van der Waals surface area (Å²) in [7, 11) is 19.2. The van der Waals surface area contributed by atoms with E-state index in [0.29, 0.717) is 95.1 Å². The Morgan fingerprint density at radius 1 is 0.419 bits per heavy atom. The minimum absolute atomic E-state index is 0. The van der Waals surface area contributed by atoms with Gasteiger partial charge in [-0.15, -0.1) is 49.6 Å². The van der Waals surface area contributed by atoms with Gasteiger partial charge >= 0.3 is 66.7 Å². The van der Waals surface area contributed by atoms with Crippen LogP contribution in [0.25, 0.3) is 0 Å². The van der Waals surface area contributed by atoms with Gasteiger partial charge in [0.2, 0.25) is 0 Å². The van der Waals surface area contributed by atoms with Crippen molar-refractivity contribution in [3.05, 3.63) is 85.6 Å². The monoisotopic (exact) mass is 1600 g/mol. The van der Waals surface area contributed by atoms with Crippen molar-refractivity contribution in [2.75, 3.05) is 39.3 Å². The zero-order valence-corrected chi connectivity index (χ0v) is 64.0. The van der Waals surface area contributed by atoms with E-state index in [2.05, 4.69) is 47.5 Å². The summed E-state index contributed by atoms with van der Waals surface area (Å²) in [6.45, 7) is 7.68. The predicted octanol–water partition coefficient (Wildman–Crippen LogP) is 12.6. The van der Waals surface area contributed by atoms with Crippen LogP contribution in [0.15, 0.2) is 46.4 Å². The average molecular weight is 1600 g/mol. The fraction of sp³-hybridized carbons (Fsp3) is 0.698. The molecular weight excluding hydrogens is 1500 g/mol. The number of fused-ring (bicyclic) bond motifs is 8. The number of hydrogen-bond donors (Lipinski definition) is 10. The van der Waals surface area contributed by atoms with E-state index < -0.39 is 0 Å². The van der Waals surface area contributed by atoms with Crippen LogP contribution >= 0.6 is 125 Å². The Morgan fingerprint density at radius 2 is 0.731 bits per heavy atom. The number of aldehydes is 2. The van der Waals surface area contributed by atoms with Gasteiger partial charge in [0.25, 0.3) is 0 Å². The van der Waals surface area contributed by atoms with Crippen molar-refractivity contribution in [2.45, 2.75) is 240 Å². The Balaban J connectivity index is 0.000000420. The Hall–Kier alpha value is -0.0410. The van der Waals surface area contributed by atoms with Crippen molar-refractivity contribution in [1.82, 2.24) is 57.5 Å². The van der Waals surface area contributed by atoms with Crippen LogP contribution in [-0.2, 0) is 39.4 Å². The summed E-state index contributed by atoms with van der Waals surface area (Å²) in [5.74, 6) is 0. The van der Waals surface area contributed by atoms with Gasteiger partial charge in [0.15, 0.2) is 12.6 Å². The number of aliphatic imine (C=N–C) groups is 2. The molecule has 2 aliphatic heterocycles. The van der Waals surface area contributed by atoms with Crippen LogP contribution in [-0.4, -0.2) is 152 Å². The molecule has 0 radical (unpaired) electrons. The maximum absolute atomic E-state index is 10.2. The quantitative estimate of drug-likeness (QED) is 0.0601. The SMILES string of the molecule is Cl.Cl.Cl.Cl.Clc1cc2nc(c1)C=N[C@@H]1CCCC[C@H]1NCCN[C@@H]1CCCC[C@H]1N=C2.Clc1cc2nc(c1)CN[C@@H]1CCCC[C@H]1NCCN[C@@H]1CCCC[C@H]1NC2.N[C@@H]1CCCC[C@H]1NCCN[C@@H]1CCCC[C@H]1N.O=Cc1cc(Cl)cc(C=O)n1.[Cl][Mn][Cl].[Cl][Mn][Cl]. The van der Waals surface area contributed by atoms with Crippen molar-refractivity contribution < 1.29 is 35.9 Å². The summed E-state index contributed by atoms with van der Waals surface area (Å²) in [4.78, 5) is 43.3. The van der Waals surface area contributed by atoms with E-state index in [4.69, 9.17) is 107 Å². The molecular formula is C63H102Cl11Mn2N15O2. The van der Waals surface area contributed by atoms with Crippen molar-refractivity contribution in [3.8, 4) is 0 Å². The molecule has 0 spiro atoms. The van der Waals surface area contributed by atoms with Crippen LogP contribution in [0, 0.1) is 0 Å². The van der Waals surface area contributed by atoms with Gasteiger partial charge in [-0.05, 0) is 113 Å². The van der Waals surface area contributed by atoms with Crippen LogP contribution in [0.5, 0.6) is 0 Å². The maximum atomic E-state index is 10.2. The van der Waals surface area contributed by atoms with E-state index in [9.17, 15) is 9.59 Å². The second kappa shape index (κ2) is 52.9. The third-order valence-electron chi connectivity index (χ3n) is 18.1. The van der Waals surface area contributed by atoms with Crippen LogP contribution in [0.1, 0.15) is 198 Å². The summed E-state index contributed by atoms with van der Waals surface area (Å²) >= 11 is 18.3. The second-order valence-corrected chi connectivity index (χ2v) is 29.7. The van der Waals surface area contributed by atoms with Crippen LogP contribution < -0.4 is 54.0 Å². The molecule has 3 aromatic heterocycles. The number of aromatic nitrogens is 3. The van der Waals surface area contributed by atoms with E-state index in [-0.39, 0.29) is 87.3 Å². The van der Waals surface area contributed by atoms with Crippen molar-refractivity contribution in [1.29, 1.82) is 0 Å². The molecule has 0 saturated heterocycles. The number of nitrogens with two attached hydrogens (primary N) is 2. The zero-order valence-electron chi connectivity index (χ0n) is 53.1. The first-order valence-corrected chi connectivity index (χ1v) is 40.1. The zero-order chi connectivity index (χ0) is 63.4. The molecule has 0 unspecified atom stereocenters. The van der Waals surface area contributed by atoms with Gasteiger partial charge < -0.3 is 54.0 Å². The molecule has 12 atom stereocenters. The molecule has 93 heavy (non-hydrogen) atoms. The molecule has 6 aliphatic carbocycles. The second-order valence-electron chi connectivity index (χ2n) is 24.4. The Kier molecular flexibility index (Phi) is 50.6. The van der Waals surface area contributed by atoms with Gasteiger partial charge in [-0.25, -0.2) is 9.97 Å². The number of carbonyl (C=O) groups is 2. The number of hydrogen-bond acceptors (Lipinski definition) is 17. The van der Waals surface area contributed by atoms with Gasteiger partial charge in [-0.1, -0.05) is 112 Å². The standard InChI is InChI=1S/C21H34ClN5.C21H30ClN5.C14H30N4.C7H4ClNO2.8ClH.2Mn/c2*22-15-11-16-13-25-20-7-3-1-5-18(20)23-9-10-24-19-6-2-4-8-21(19)26-14-17(12-15)27-16;15-11-5-1-3-7-13(11)17-9-10-18-14-8-4-2-6-12(14)16;8-5-1-6(3-10)9-7(2-5)4-11;;;;;;;;;;/h11-12,18-21,23-26H,1-10,13-14H2;11-14,18-21,23-24H,1-10H2;11-14,17-18H,1-10,15-16H2;1-4H;8*1H;;/q;;;;;;;;;;;;2*+2/p-4/t2*18-,19-,20-,21-;11-,12-,13-,14-;;;;;;;;;;;/m111.........../s1. The minimum atomic E-state index is 0. The first-order chi connectivity index (χ1) is 43.4. The van der Waals surface area contributed by atoms with Gasteiger partial charge in [0.05, 0.1) is 34.9 Å². The molecule has 8 aliphatic rings. The van der Waals surface area contributed by atoms with Crippen LogP contribution in [0.3, 0.4) is 0 Å². The number of carbonyl (C=O) groups excluding carboxylic acids is 2. The van der Waals surface area contributed by atoms with Gasteiger partial charge in [-0.2, -0.15) is 0 Å². The molecule has 4 bridgehead atoms. The topological polar surface area (TPSA) is 246 Å². The molecule has 3 aromatic rings. The summed E-state index contributed by atoms with van der Waals surface area (Å²) in [6, 6.07) is 16.1. The number of pyridine rings is 3. The van der Waals surface area contributed by atoms with Crippen LogP contribution in [0.4, 0.5) is 0 Å². The predicted molar refractivity (Wildman–Crippen MR) is 392 cm³/mol. The van der Waals surface area contributed by atoms with E-state index in [1.54, 1.807) is 0 Å². The third kappa shape index (κ3) is 34.5. The van der Waals surface area contributed by atoms with Crippen molar-refractivity contribution >= 4 is 150 Å². The van der Waals surface area contributed by atoms with Crippen molar-refractivity contribution in [3.63, 3.8) is 0 Å². The molecule has 532 valence electrons. The third-order valence-corrected chi connectivity index (χ3v) is 18.8.